The normalized spacial score (nSPS) is 9.90. The summed E-state index contributed by atoms with van der Waals surface area (Å²) >= 11 is 0. The van der Waals surface area contributed by atoms with E-state index in [0.717, 1.165) is 4.90 Å². The summed E-state index contributed by atoms with van der Waals surface area (Å²) in [6, 6.07) is 7.51. The summed E-state index contributed by atoms with van der Waals surface area (Å²) in [6.45, 7) is -0.406. The van der Waals surface area contributed by atoms with Crippen LogP contribution in [0.5, 0.6) is 17.2 Å². The maximum absolute atomic E-state index is 13.5. The summed E-state index contributed by atoms with van der Waals surface area (Å²) in [7, 11) is 5.22. The van der Waals surface area contributed by atoms with Crippen molar-refractivity contribution in [1.29, 1.82) is 0 Å². The molecule has 2 aromatic rings. The van der Waals surface area contributed by atoms with Crippen LogP contribution in [0.1, 0.15) is 15.9 Å². The van der Waals surface area contributed by atoms with E-state index in [4.69, 9.17) is 20.6 Å². The molecule has 10 nitrogen and oxygen atoms in total. The van der Waals surface area contributed by atoms with Crippen LogP contribution < -0.4 is 24.4 Å². The first kappa shape index (κ1) is 23.0. The number of nitro benzene ring substituents is 1. The lowest BCUT2D eigenvalue weighted by Gasteiger charge is -2.23. The Kier molecular flexibility index (Phi) is 7.41. The molecule has 0 aromatic heterocycles. The zero-order valence-electron chi connectivity index (χ0n) is 17.4. The lowest BCUT2D eigenvalue weighted by molar-refractivity contribution is -0.386. The molecule has 2 rings (SSSR count). The molecule has 0 aliphatic rings. The molecular weight excluding hydrogens is 406 g/mol. The third-order valence-corrected chi connectivity index (χ3v) is 4.37. The van der Waals surface area contributed by atoms with Crippen molar-refractivity contribution in [2.24, 2.45) is 0 Å². The Bertz CT molecular complexity index is 1060. The van der Waals surface area contributed by atoms with E-state index in [-0.39, 0.29) is 28.5 Å². The maximum atomic E-state index is 13.5. The average molecular weight is 427 g/mol. The number of hydrogen-bond acceptors (Lipinski definition) is 7. The first-order valence-corrected chi connectivity index (χ1v) is 8.89. The third-order valence-electron chi connectivity index (χ3n) is 4.37. The van der Waals surface area contributed by atoms with Crippen molar-refractivity contribution in [3.63, 3.8) is 0 Å². The number of carbonyl (C=O) groups is 2. The van der Waals surface area contributed by atoms with Crippen molar-refractivity contribution in [2.75, 3.05) is 39.8 Å². The van der Waals surface area contributed by atoms with Crippen LogP contribution in [0.25, 0.3) is 0 Å². The smallest absolute Gasteiger partial charge is 0.327 e. The van der Waals surface area contributed by atoms with Gasteiger partial charge in [0.25, 0.3) is 5.91 Å². The number of hydrogen-bond donors (Lipinski definition) is 1. The second-order valence-electron chi connectivity index (χ2n) is 6.06. The molecule has 2 aromatic carbocycles. The van der Waals surface area contributed by atoms with Gasteiger partial charge in [-0.15, -0.1) is 6.42 Å². The zero-order chi connectivity index (χ0) is 23.1. The van der Waals surface area contributed by atoms with Crippen molar-refractivity contribution in [3.05, 3.63) is 51.6 Å². The van der Waals surface area contributed by atoms with Crippen molar-refractivity contribution < 1.29 is 28.7 Å². The summed E-state index contributed by atoms with van der Waals surface area (Å²) in [6.07, 6.45) is 5.44. The van der Waals surface area contributed by atoms with E-state index in [2.05, 4.69) is 11.2 Å². The monoisotopic (exact) mass is 427 g/mol. The Morgan fingerprint density at radius 2 is 1.84 bits per heavy atom. The number of anilines is 1. The van der Waals surface area contributed by atoms with E-state index in [1.54, 1.807) is 18.2 Å². The standard InChI is InChI=1S/C21H21N3O7/c1-6-13-8-7-9-14(10-13)23(12-17(25)22-2)21(26)15-11-16(29-3)19(30-4)20(31-5)18(15)24(27)28/h1,7-11H,12H2,2-5H3,(H,22,25). The predicted molar refractivity (Wildman–Crippen MR) is 113 cm³/mol. The molecule has 0 aliphatic carbocycles. The molecule has 0 spiro atoms. The van der Waals surface area contributed by atoms with Crippen LogP contribution in [0.2, 0.25) is 0 Å². The highest BCUT2D eigenvalue weighted by molar-refractivity contribution is 6.12. The van der Waals surface area contributed by atoms with Crippen molar-refractivity contribution in [1.82, 2.24) is 5.32 Å². The Morgan fingerprint density at radius 3 is 2.35 bits per heavy atom. The lowest BCUT2D eigenvalue weighted by atomic mass is 10.1. The molecule has 0 saturated carbocycles. The summed E-state index contributed by atoms with van der Waals surface area (Å²) < 4.78 is 15.6. The quantitative estimate of drug-likeness (QED) is 0.389. The minimum atomic E-state index is -0.830. The number of terminal acetylenes is 1. The van der Waals surface area contributed by atoms with Gasteiger partial charge in [0.15, 0.2) is 5.75 Å². The predicted octanol–water partition coefficient (Wildman–Crippen LogP) is 1.99. The van der Waals surface area contributed by atoms with Gasteiger partial charge in [0.05, 0.1) is 26.3 Å². The lowest BCUT2D eigenvalue weighted by Crippen LogP contribution is -2.40. The van der Waals surface area contributed by atoms with Gasteiger partial charge in [-0.1, -0.05) is 12.0 Å². The zero-order valence-corrected chi connectivity index (χ0v) is 17.4. The number of nitrogens with zero attached hydrogens (tertiary/aromatic N) is 2. The van der Waals surface area contributed by atoms with Crippen LogP contribution in [-0.4, -0.2) is 51.7 Å². The topological polar surface area (TPSA) is 120 Å². The van der Waals surface area contributed by atoms with E-state index in [1.807, 2.05) is 0 Å². The van der Waals surface area contributed by atoms with Gasteiger partial charge in [0.1, 0.15) is 12.1 Å². The first-order valence-electron chi connectivity index (χ1n) is 8.89. The number of benzene rings is 2. The number of nitro groups is 1. The summed E-state index contributed by atoms with van der Waals surface area (Å²) in [5.74, 6) is 0.846. The van der Waals surface area contributed by atoms with Crippen molar-refractivity contribution in [3.8, 4) is 29.6 Å². The van der Waals surface area contributed by atoms with Crippen LogP contribution in [-0.2, 0) is 4.79 Å². The van der Waals surface area contributed by atoms with E-state index in [1.165, 1.54) is 40.5 Å². The number of methoxy groups -OCH3 is 3. The highest BCUT2D eigenvalue weighted by Crippen LogP contribution is 2.46. The molecule has 0 saturated heterocycles. The van der Waals surface area contributed by atoms with E-state index >= 15 is 0 Å². The molecule has 0 unspecified atom stereocenters. The van der Waals surface area contributed by atoms with Crippen LogP contribution >= 0.6 is 0 Å². The second-order valence-corrected chi connectivity index (χ2v) is 6.06. The van der Waals surface area contributed by atoms with Gasteiger partial charge in [-0.25, -0.2) is 0 Å². The van der Waals surface area contributed by atoms with Crippen molar-refractivity contribution >= 4 is 23.2 Å². The molecule has 0 fully saturated rings. The van der Waals surface area contributed by atoms with Crippen LogP contribution in [0, 0.1) is 22.5 Å². The SMILES string of the molecule is C#Cc1cccc(N(CC(=O)NC)C(=O)c2cc(OC)c(OC)c(OC)c2[N+](=O)[O-])c1. The molecule has 0 heterocycles. The van der Waals surface area contributed by atoms with Crippen LogP contribution in [0.15, 0.2) is 30.3 Å². The number of carbonyl (C=O) groups excluding carboxylic acids is 2. The molecule has 10 heteroatoms. The minimum Gasteiger partial charge on any atom is -0.493 e. The third kappa shape index (κ3) is 4.67. The molecule has 0 aliphatic heterocycles. The molecule has 162 valence electrons. The molecular formula is C21H21N3O7. The highest BCUT2D eigenvalue weighted by Gasteiger charge is 2.35. The fraction of sp³-hybridized carbons (Fsp3) is 0.238. The number of ether oxygens (including phenoxy) is 3. The van der Waals surface area contributed by atoms with Crippen LogP contribution in [0.3, 0.4) is 0 Å². The molecule has 0 bridgehead atoms. The Balaban J connectivity index is 2.77. The van der Waals surface area contributed by atoms with E-state index in [9.17, 15) is 19.7 Å². The molecule has 1 N–H and O–H groups in total. The van der Waals surface area contributed by atoms with Crippen molar-refractivity contribution in [2.45, 2.75) is 0 Å². The first-order chi connectivity index (χ1) is 14.8. The largest absolute Gasteiger partial charge is 0.493 e. The Morgan fingerprint density at radius 1 is 1.16 bits per heavy atom. The van der Waals surface area contributed by atoms with Gasteiger partial charge in [-0.05, 0) is 18.2 Å². The highest BCUT2D eigenvalue weighted by atomic mass is 16.6. The van der Waals surface area contributed by atoms with Gasteiger partial charge in [0.2, 0.25) is 17.4 Å². The minimum absolute atomic E-state index is 0.0413. The van der Waals surface area contributed by atoms with Gasteiger partial charge in [-0.3, -0.25) is 24.6 Å². The number of amides is 2. The second kappa shape index (κ2) is 9.98. The summed E-state index contributed by atoms with van der Waals surface area (Å²) in [5, 5.41) is 14.3. The van der Waals surface area contributed by atoms with Gasteiger partial charge in [-0.2, -0.15) is 0 Å². The summed E-state index contributed by atoms with van der Waals surface area (Å²) in [5.41, 5.74) is -0.228. The van der Waals surface area contributed by atoms with E-state index in [0.29, 0.717) is 5.56 Å². The maximum Gasteiger partial charge on any atom is 0.327 e. The number of likely N-dealkylation sites (N-methyl/N-ethyl adjacent to an activating group) is 1. The van der Waals surface area contributed by atoms with Gasteiger partial charge in [0, 0.05) is 24.4 Å². The Labute approximate surface area is 178 Å². The van der Waals surface area contributed by atoms with Gasteiger partial charge < -0.3 is 19.5 Å². The fourth-order valence-corrected chi connectivity index (χ4v) is 2.90. The number of nitrogens with one attached hydrogen (secondary N) is 1. The molecule has 0 radical (unpaired) electrons. The van der Waals surface area contributed by atoms with Crippen LogP contribution in [0.4, 0.5) is 11.4 Å². The molecule has 0 atom stereocenters. The fourth-order valence-electron chi connectivity index (χ4n) is 2.90. The van der Waals surface area contributed by atoms with Gasteiger partial charge >= 0.3 is 5.69 Å². The van der Waals surface area contributed by atoms with E-state index < -0.39 is 29.0 Å². The average Bonchev–Trinajstić information content (AvgIpc) is 2.79. The number of rotatable bonds is 8. The molecule has 2 amide bonds. The Hall–Kier alpha value is -4.26. The summed E-state index contributed by atoms with van der Waals surface area (Å²) in [4.78, 5) is 37.8. The molecule has 31 heavy (non-hydrogen) atoms.